The van der Waals surface area contributed by atoms with Gasteiger partial charge in [-0.15, -0.1) is 15.0 Å². The van der Waals surface area contributed by atoms with E-state index in [4.69, 9.17) is 4.74 Å². The molecule has 132 valence electrons. The molecule has 0 spiro atoms. The van der Waals surface area contributed by atoms with Crippen molar-refractivity contribution in [3.05, 3.63) is 48.5 Å². The fraction of sp³-hybridized carbons (Fsp3) is 0.400. The van der Waals surface area contributed by atoms with Crippen molar-refractivity contribution in [2.24, 2.45) is 0 Å². The van der Waals surface area contributed by atoms with E-state index in [-0.39, 0.29) is 0 Å². The summed E-state index contributed by atoms with van der Waals surface area (Å²) in [5.74, 6) is 0.587. The molecular weight excluding hydrogens is 314 g/mol. The van der Waals surface area contributed by atoms with Crippen LogP contribution in [-0.2, 0) is 0 Å². The third kappa shape index (κ3) is 4.57. The van der Waals surface area contributed by atoms with Crippen LogP contribution in [0.4, 0.5) is 0 Å². The molecule has 5 heteroatoms. The van der Waals surface area contributed by atoms with Gasteiger partial charge >= 0.3 is 0 Å². The van der Waals surface area contributed by atoms with Crippen molar-refractivity contribution in [2.45, 2.75) is 51.7 Å². The number of aliphatic hydroxyl groups excluding tert-OH is 1. The van der Waals surface area contributed by atoms with Crippen molar-refractivity contribution in [3.63, 3.8) is 0 Å². The molecule has 0 bridgehead atoms. The number of unbranched alkanes of at least 4 members (excludes halogenated alkanes) is 4. The Kier molecular flexibility index (Phi) is 6.01. The molecule has 0 aliphatic rings. The van der Waals surface area contributed by atoms with Gasteiger partial charge in [-0.2, -0.15) is 0 Å². The van der Waals surface area contributed by atoms with Crippen molar-refractivity contribution in [2.75, 3.05) is 0 Å². The highest BCUT2D eigenvalue weighted by Crippen LogP contribution is 2.24. The quantitative estimate of drug-likeness (QED) is 0.461. The molecule has 0 aliphatic carbocycles. The van der Waals surface area contributed by atoms with Gasteiger partial charge in [-0.05, 0) is 30.7 Å². The van der Waals surface area contributed by atoms with E-state index >= 15 is 0 Å². The summed E-state index contributed by atoms with van der Waals surface area (Å²) in [6, 6.07) is 15.2. The van der Waals surface area contributed by atoms with Crippen LogP contribution in [0.25, 0.3) is 16.7 Å². The van der Waals surface area contributed by atoms with Crippen molar-refractivity contribution in [1.29, 1.82) is 0 Å². The van der Waals surface area contributed by atoms with Crippen LogP contribution >= 0.6 is 0 Å². The average Bonchev–Trinajstić information content (AvgIpc) is 3.06. The summed E-state index contributed by atoms with van der Waals surface area (Å²) in [6.45, 7) is 2.20. The SMILES string of the molecule is CCCCCCCC(O)Oc1ccccc1-n1nc2ccccc2n1. The largest absolute Gasteiger partial charge is 0.463 e. The molecule has 0 amide bonds. The Morgan fingerprint density at radius 2 is 1.56 bits per heavy atom. The predicted octanol–water partition coefficient (Wildman–Crippen LogP) is 4.48. The molecule has 0 aliphatic heterocycles. The number of para-hydroxylation sites is 2. The van der Waals surface area contributed by atoms with E-state index in [0.717, 1.165) is 29.6 Å². The van der Waals surface area contributed by atoms with E-state index in [1.54, 1.807) is 4.80 Å². The number of rotatable bonds is 9. The first-order valence-corrected chi connectivity index (χ1v) is 9.04. The molecule has 1 atom stereocenters. The Hall–Kier alpha value is -2.40. The summed E-state index contributed by atoms with van der Waals surface area (Å²) in [7, 11) is 0. The molecule has 1 unspecified atom stereocenters. The third-order valence-corrected chi connectivity index (χ3v) is 4.19. The zero-order valence-corrected chi connectivity index (χ0v) is 14.6. The van der Waals surface area contributed by atoms with Gasteiger partial charge in [0.15, 0.2) is 6.29 Å². The number of aromatic nitrogens is 3. The maximum Gasteiger partial charge on any atom is 0.197 e. The van der Waals surface area contributed by atoms with Crippen molar-refractivity contribution in [3.8, 4) is 11.4 Å². The lowest BCUT2D eigenvalue weighted by atomic mass is 10.1. The Morgan fingerprint density at radius 3 is 2.28 bits per heavy atom. The van der Waals surface area contributed by atoms with Crippen molar-refractivity contribution in [1.82, 2.24) is 15.0 Å². The standard InChI is InChI=1S/C20H25N3O2/c1-2-3-4-5-6-15-20(24)25-19-14-10-9-13-18(19)23-21-16-11-7-8-12-17(16)22-23/h7-14,20,24H,2-6,15H2,1H3. The summed E-state index contributed by atoms with van der Waals surface area (Å²) in [6.07, 6.45) is 5.59. The average molecular weight is 339 g/mol. The van der Waals surface area contributed by atoms with Gasteiger partial charge in [-0.25, -0.2) is 0 Å². The molecule has 5 nitrogen and oxygen atoms in total. The summed E-state index contributed by atoms with van der Waals surface area (Å²) in [5.41, 5.74) is 2.38. The fourth-order valence-electron chi connectivity index (χ4n) is 2.82. The van der Waals surface area contributed by atoms with Gasteiger partial charge in [-0.1, -0.05) is 56.9 Å². The lowest BCUT2D eigenvalue weighted by Gasteiger charge is -2.15. The van der Waals surface area contributed by atoms with Gasteiger partial charge in [0.2, 0.25) is 0 Å². The van der Waals surface area contributed by atoms with Crippen LogP contribution in [0.2, 0.25) is 0 Å². The Balaban J connectivity index is 1.68. The highest BCUT2D eigenvalue weighted by molar-refractivity contribution is 5.73. The number of ether oxygens (including phenoxy) is 1. The van der Waals surface area contributed by atoms with Crippen LogP contribution in [0.15, 0.2) is 48.5 Å². The second-order valence-electron chi connectivity index (χ2n) is 6.22. The van der Waals surface area contributed by atoms with Crippen LogP contribution in [-0.4, -0.2) is 26.4 Å². The predicted molar refractivity (Wildman–Crippen MR) is 98.9 cm³/mol. The van der Waals surface area contributed by atoms with Crippen LogP contribution in [0.5, 0.6) is 5.75 Å². The first kappa shape index (κ1) is 17.4. The smallest absolute Gasteiger partial charge is 0.197 e. The summed E-state index contributed by atoms with van der Waals surface area (Å²) >= 11 is 0. The van der Waals surface area contributed by atoms with Crippen LogP contribution in [0.3, 0.4) is 0 Å². The summed E-state index contributed by atoms with van der Waals surface area (Å²) < 4.78 is 5.76. The van der Waals surface area contributed by atoms with Crippen LogP contribution < -0.4 is 4.74 Å². The van der Waals surface area contributed by atoms with Crippen molar-refractivity contribution < 1.29 is 9.84 Å². The minimum Gasteiger partial charge on any atom is -0.463 e. The fourth-order valence-corrected chi connectivity index (χ4v) is 2.82. The zero-order valence-electron chi connectivity index (χ0n) is 14.6. The molecule has 0 radical (unpaired) electrons. The van der Waals surface area contributed by atoms with E-state index in [2.05, 4.69) is 17.1 Å². The minimum atomic E-state index is -0.812. The molecule has 3 aromatic rings. The molecule has 1 N–H and O–H groups in total. The Morgan fingerprint density at radius 1 is 0.920 bits per heavy atom. The molecule has 2 aromatic carbocycles. The molecule has 1 aromatic heterocycles. The second kappa shape index (κ2) is 8.62. The Bertz CT molecular complexity index is 767. The topological polar surface area (TPSA) is 60.2 Å². The second-order valence-corrected chi connectivity index (χ2v) is 6.22. The highest BCUT2D eigenvalue weighted by atomic mass is 16.6. The molecule has 1 heterocycles. The molecule has 0 fully saturated rings. The summed E-state index contributed by atoms with van der Waals surface area (Å²) in [5, 5.41) is 19.2. The first-order valence-electron chi connectivity index (χ1n) is 9.04. The molecule has 0 saturated carbocycles. The third-order valence-electron chi connectivity index (χ3n) is 4.19. The normalized spacial score (nSPS) is 12.4. The van der Waals surface area contributed by atoms with Gasteiger partial charge in [-0.3, -0.25) is 0 Å². The molecule has 0 saturated heterocycles. The van der Waals surface area contributed by atoms with Gasteiger partial charge < -0.3 is 9.84 Å². The van der Waals surface area contributed by atoms with Crippen LogP contribution in [0, 0.1) is 0 Å². The minimum absolute atomic E-state index is 0.587. The van der Waals surface area contributed by atoms with E-state index < -0.39 is 6.29 Å². The first-order chi connectivity index (χ1) is 12.3. The Labute approximate surface area is 148 Å². The molecule has 3 rings (SSSR count). The number of nitrogens with zero attached hydrogens (tertiary/aromatic N) is 3. The maximum atomic E-state index is 10.2. The molecule has 25 heavy (non-hydrogen) atoms. The van der Waals surface area contributed by atoms with Gasteiger partial charge in [0, 0.05) is 6.42 Å². The van der Waals surface area contributed by atoms with E-state index in [1.807, 2.05) is 48.5 Å². The van der Waals surface area contributed by atoms with Crippen LogP contribution in [0.1, 0.15) is 45.4 Å². The van der Waals surface area contributed by atoms with E-state index in [1.165, 1.54) is 19.3 Å². The molecular formula is C20H25N3O2. The number of aliphatic hydroxyl groups is 1. The number of fused-ring (bicyclic) bond motifs is 1. The lowest BCUT2D eigenvalue weighted by Crippen LogP contribution is -2.16. The number of hydrogen-bond donors (Lipinski definition) is 1. The highest BCUT2D eigenvalue weighted by Gasteiger charge is 2.13. The lowest BCUT2D eigenvalue weighted by molar-refractivity contribution is -0.0247. The van der Waals surface area contributed by atoms with Gasteiger partial charge in [0.25, 0.3) is 0 Å². The summed E-state index contributed by atoms with van der Waals surface area (Å²) in [4.78, 5) is 1.56. The monoisotopic (exact) mass is 339 g/mol. The number of hydrogen-bond acceptors (Lipinski definition) is 4. The number of benzene rings is 2. The maximum absolute atomic E-state index is 10.2. The van der Waals surface area contributed by atoms with Crippen molar-refractivity contribution >= 4 is 11.0 Å². The van der Waals surface area contributed by atoms with Gasteiger partial charge in [0.1, 0.15) is 22.5 Å². The zero-order chi connectivity index (χ0) is 17.5. The van der Waals surface area contributed by atoms with E-state index in [9.17, 15) is 5.11 Å². The van der Waals surface area contributed by atoms with Gasteiger partial charge in [0.05, 0.1) is 0 Å². The van der Waals surface area contributed by atoms with E-state index in [0.29, 0.717) is 12.2 Å².